The van der Waals surface area contributed by atoms with E-state index in [9.17, 15) is 9.59 Å². The van der Waals surface area contributed by atoms with E-state index < -0.39 is 11.2 Å². The van der Waals surface area contributed by atoms with E-state index in [1.165, 1.54) is 6.07 Å². The van der Waals surface area contributed by atoms with Gasteiger partial charge in [0.15, 0.2) is 5.78 Å². The molecule has 0 aliphatic carbocycles. The highest BCUT2D eigenvalue weighted by Crippen LogP contribution is 2.25. The molecule has 0 radical (unpaired) electrons. The Hall–Kier alpha value is -1.35. The summed E-state index contributed by atoms with van der Waals surface area (Å²) in [6.45, 7) is 1.69. The van der Waals surface area contributed by atoms with Crippen LogP contribution in [0, 0.1) is 0 Å². The van der Waals surface area contributed by atoms with Crippen LogP contribution in [-0.2, 0) is 4.79 Å². The third-order valence-electron chi connectivity index (χ3n) is 3.17. The van der Waals surface area contributed by atoms with Crippen molar-refractivity contribution in [2.75, 3.05) is 0 Å². The Kier molecular flexibility index (Phi) is 5.04. The normalized spacial score (nSPS) is 12.0. The topological polar surface area (TPSA) is 34.1 Å². The summed E-state index contributed by atoms with van der Waals surface area (Å²) in [6, 6.07) is 11.5. The predicted molar refractivity (Wildman–Crippen MR) is 85.6 cm³/mol. The number of carbonyl (C=O) groups excluding carboxylic acids is 2. The van der Waals surface area contributed by atoms with Gasteiger partial charge in [-0.1, -0.05) is 48.3 Å². The van der Waals surface area contributed by atoms with Crippen molar-refractivity contribution >= 4 is 45.8 Å². The summed E-state index contributed by atoms with van der Waals surface area (Å²) in [5.41, 5.74) is 1.50. The van der Waals surface area contributed by atoms with Crippen molar-refractivity contribution in [3.63, 3.8) is 0 Å². The molecule has 2 aromatic carbocycles. The minimum absolute atomic E-state index is 0.229. The van der Waals surface area contributed by atoms with Crippen LogP contribution in [0.5, 0.6) is 0 Å². The molecule has 0 aliphatic heterocycles. The van der Waals surface area contributed by atoms with Crippen LogP contribution in [0.3, 0.4) is 0 Å². The highest BCUT2D eigenvalue weighted by atomic mass is 35.5. The van der Waals surface area contributed by atoms with E-state index in [0.717, 1.165) is 0 Å². The van der Waals surface area contributed by atoms with E-state index >= 15 is 0 Å². The molecule has 0 fully saturated rings. The van der Waals surface area contributed by atoms with E-state index in [1.54, 1.807) is 43.3 Å². The summed E-state index contributed by atoms with van der Waals surface area (Å²) in [4.78, 5) is 23.7. The Morgan fingerprint density at radius 2 is 1.76 bits per heavy atom. The number of rotatable bonds is 4. The SMILES string of the molecule is CC(C(=O)Cl)c1cccc(C(=O)c2ccc(Cl)cc2Cl)c1. The van der Waals surface area contributed by atoms with E-state index in [-0.39, 0.29) is 5.78 Å². The lowest BCUT2D eigenvalue weighted by Gasteiger charge is -2.09. The number of hydrogen-bond acceptors (Lipinski definition) is 2. The molecule has 2 rings (SSSR count). The van der Waals surface area contributed by atoms with Crippen LogP contribution in [0.4, 0.5) is 0 Å². The van der Waals surface area contributed by atoms with Gasteiger partial charge in [0.2, 0.25) is 5.24 Å². The summed E-state index contributed by atoms with van der Waals surface area (Å²) >= 11 is 17.4. The van der Waals surface area contributed by atoms with Crippen LogP contribution in [0.1, 0.15) is 34.3 Å². The second kappa shape index (κ2) is 6.61. The molecule has 0 N–H and O–H groups in total. The van der Waals surface area contributed by atoms with Gasteiger partial charge in [-0.25, -0.2) is 0 Å². The summed E-state index contributed by atoms with van der Waals surface area (Å²) < 4.78 is 0. The van der Waals surface area contributed by atoms with Gasteiger partial charge < -0.3 is 0 Å². The maximum Gasteiger partial charge on any atom is 0.228 e. The molecule has 0 heterocycles. The van der Waals surface area contributed by atoms with Crippen LogP contribution in [0.15, 0.2) is 42.5 Å². The largest absolute Gasteiger partial charge is 0.289 e. The molecular weight excluding hydrogens is 331 g/mol. The molecule has 0 aromatic heterocycles. The van der Waals surface area contributed by atoms with Gasteiger partial charge in [0.25, 0.3) is 0 Å². The highest BCUT2D eigenvalue weighted by molar-refractivity contribution is 6.64. The first-order valence-electron chi connectivity index (χ1n) is 6.19. The van der Waals surface area contributed by atoms with E-state index in [4.69, 9.17) is 34.8 Å². The zero-order chi connectivity index (χ0) is 15.6. The second-order valence-electron chi connectivity index (χ2n) is 4.60. The third-order valence-corrected chi connectivity index (χ3v) is 4.04. The summed E-state index contributed by atoms with van der Waals surface area (Å²) in [5, 5.41) is 0.287. The summed E-state index contributed by atoms with van der Waals surface area (Å²) in [7, 11) is 0. The average Bonchev–Trinajstić information content (AvgIpc) is 2.46. The predicted octanol–water partition coefficient (Wildman–Crippen LogP) is 5.09. The van der Waals surface area contributed by atoms with Crippen LogP contribution >= 0.6 is 34.8 Å². The van der Waals surface area contributed by atoms with Crippen molar-refractivity contribution in [3.05, 3.63) is 69.2 Å². The van der Waals surface area contributed by atoms with Crippen molar-refractivity contribution < 1.29 is 9.59 Å². The fraction of sp³-hybridized carbons (Fsp3) is 0.125. The Labute approximate surface area is 137 Å². The van der Waals surface area contributed by atoms with Gasteiger partial charge in [-0.2, -0.15) is 0 Å². The number of halogens is 3. The van der Waals surface area contributed by atoms with Gasteiger partial charge in [0, 0.05) is 16.1 Å². The van der Waals surface area contributed by atoms with E-state index in [1.807, 2.05) is 0 Å². The number of hydrogen-bond donors (Lipinski definition) is 0. The van der Waals surface area contributed by atoms with Gasteiger partial charge >= 0.3 is 0 Å². The first kappa shape index (κ1) is 16.0. The lowest BCUT2D eigenvalue weighted by molar-refractivity contribution is -0.112. The van der Waals surface area contributed by atoms with Crippen LogP contribution in [-0.4, -0.2) is 11.0 Å². The molecule has 1 unspecified atom stereocenters. The standard InChI is InChI=1S/C16H11Cl3O2/c1-9(16(19)21)10-3-2-4-11(7-10)15(20)13-6-5-12(17)8-14(13)18/h2-9H,1H3. The Balaban J connectivity index is 2.40. The molecule has 0 saturated carbocycles. The minimum Gasteiger partial charge on any atom is -0.289 e. The molecule has 0 aliphatic rings. The molecule has 0 saturated heterocycles. The number of carbonyl (C=O) groups is 2. The van der Waals surface area contributed by atoms with Crippen molar-refractivity contribution in [2.24, 2.45) is 0 Å². The quantitative estimate of drug-likeness (QED) is 0.573. The zero-order valence-electron chi connectivity index (χ0n) is 11.1. The van der Waals surface area contributed by atoms with Crippen LogP contribution in [0.25, 0.3) is 0 Å². The Morgan fingerprint density at radius 1 is 1.05 bits per heavy atom. The fourth-order valence-corrected chi connectivity index (χ4v) is 2.53. The van der Waals surface area contributed by atoms with Crippen molar-refractivity contribution in [2.45, 2.75) is 12.8 Å². The highest BCUT2D eigenvalue weighted by Gasteiger charge is 2.17. The third kappa shape index (κ3) is 3.65. The maximum atomic E-state index is 12.5. The lowest BCUT2D eigenvalue weighted by atomic mass is 9.96. The second-order valence-corrected chi connectivity index (χ2v) is 5.82. The van der Waals surface area contributed by atoms with Crippen LogP contribution in [0.2, 0.25) is 10.0 Å². The maximum absolute atomic E-state index is 12.5. The van der Waals surface area contributed by atoms with Crippen molar-refractivity contribution in [1.82, 2.24) is 0 Å². The Morgan fingerprint density at radius 3 is 2.38 bits per heavy atom. The summed E-state index contributed by atoms with van der Waals surface area (Å²) in [6.07, 6.45) is 0. The molecular formula is C16H11Cl3O2. The minimum atomic E-state index is -0.472. The van der Waals surface area contributed by atoms with Gasteiger partial charge in [0.1, 0.15) is 0 Å². The average molecular weight is 342 g/mol. The van der Waals surface area contributed by atoms with E-state index in [0.29, 0.717) is 26.7 Å². The monoisotopic (exact) mass is 340 g/mol. The first-order valence-corrected chi connectivity index (χ1v) is 7.32. The van der Waals surface area contributed by atoms with E-state index in [2.05, 4.69) is 0 Å². The molecule has 108 valence electrons. The van der Waals surface area contributed by atoms with Gasteiger partial charge in [-0.15, -0.1) is 0 Å². The molecule has 0 amide bonds. The number of benzene rings is 2. The molecule has 2 nitrogen and oxygen atoms in total. The smallest absolute Gasteiger partial charge is 0.228 e. The van der Waals surface area contributed by atoms with Gasteiger partial charge in [0.05, 0.1) is 10.9 Å². The van der Waals surface area contributed by atoms with Gasteiger partial charge in [-0.3, -0.25) is 9.59 Å². The van der Waals surface area contributed by atoms with Crippen LogP contribution < -0.4 is 0 Å². The molecule has 0 bridgehead atoms. The Bertz CT molecular complexity index is 710. The zero-order valence-corrected chi connectivity index (χ0v) is 13.3. The molecule has 21 heavy (non-hydrogen) atoms. The molecule has 1 atom stereocenters. The summed E-state index contributed by atoms with van der Waals surface area (Å²) in [5.74, 6) is -0.701. The molecule has 5 heteroatoms. The number of ketones is 1. The van der Waals surface area contributed by atoms with Crippen molar-refractivity contribution in [1.29, 1.82) is 0 Å². The lowest BCUT2D eigenvalue weighted by Crippen LogP contribution is -2.06. The fourth-order valence-electron chi connectivity index (χ4n) is 1.91. The molecule has 2 aromatic rings. The molecule has 0 spiro atoms. The van der Waals surface area contributed by atoms with Gasteiger partial charge in [-0.05, 0) is 41.4 Å². The van der Waals surface area contributed by atoms with Crippen molar-refractivity contribution in [3.8, 4) is 0 Å². The first-order chi connectivity index (χ1) is 9.90.